The summed E-state index contributed by atoms with van der Waals surface area (Å²) in [5, 5.41) is 8.92. The van der Waals surface area contributed by atoms with Crippen LogP contribution in [0.15, 0.2) is 36.4 Å². The van der Waals surface area contributed by atoms with Crippen LogP contribution in [0.1, 0.15) is 10.4 Å². The van der Waals surface area contributed by atoms with Crippen LogP contribution in [-0.2, 0) is 0 Å². The van der Waals surface area contributed by atoms with E-state index >= 15 is 0 Å². The summed E-state index contributed by atoms with van der Waals surface area (Å²) in [6, 6.07) is 9.89. The van der Waals surface area contributed by atoms with Gasteiger partial charge >= 0.3 is 5.97 Å². The van der Waals surface area contributed by atoms with Crippen molar-refractivity contribution >= 4 is 17.5 Å². The predicted molar refractivity (Wildman–Crippen MR) is 68.9 cm³/mol. The number of aromatic nitrogens is 1. The molecule has 0 saturated carbocycles. The predicted octanol–water partition coefficient (Wildman–Crippen LogP) is 1.31. The number of hydrogen-bond acceptors (Lipinski definition) is 5. The fraction of sp³-hybridized carbons (Fsp3) is 0. The highest BCUT2D eigenvalue weighted by Gasteiger charge is 2.07. The summed E-state index contributed by atoms with van der Waals surface area (Å²) in [5.41, 5.74) is 10.1. The van der Waals surface area contributed by atoms with Gasteiger partial charge in [0, 0.05) is 5.56 Å². The first-order valence-corrected chi connectivity index (χ1v) is 5.18. The fourth-order valence-corrected chi connectivity index (χ4v) is 1.57. The molecular formula is C12H12N4O2. The molecule has 0 unspecified atom stereocenters. The third kappa shape index (κ3) is 2.23. The van der Waals surface area contributed by atoms with Gasteiger partial charge in [-0.3, -0.25) is 5.84 Å². The van der Waals surface area contributed by atoms with Gasteiger partial charge in [-0.15, -0.1) is 0 Å². The normalized spacial score (nSPS) is 10.1. The van der Waals surface area contributed by atoms with Crippen molar-refractivity contribution in [2.45, 2.75) is 0 Å². The van der Waals surface area contributed by atoms with Crippen molar-refractivity contribution < 1.29 is 9.90 Å². The molecule has 1 heterocycles. The average Bonchev–Trinajstić information content (AvgIpc) is 2.38. The number of nitrogens with one attached hydrogen (secondary N) is 1. The second-order valence-corrected chi connectivity index (χ2v) is 3.66. The number of hydrazine groups is 1. The number of nitrogens with two attached hydrogens (primary N) is 2. The van der Waals surface area contributed by atoms with E-state index in [0.717, 1.165) is 0 Å². The lowest BCUT2D eigenvalue weighted by molar-refractivity contribution is 0.0697. The van der Waals surface area contributed by atoms with Crippen molar-refractivity contribution in [1.82, 2.24) is 4.98 Å². The summed E-state index contributed by atoms with van der Waals surface area (Å²) >= 11 is 0. The van der Waals surface area contributed by atoms with Crippen LogP contribution in [-0.4, -0.2) is 16.1 Å². The number of nitrogen functional groups attached to an aromatic ring is 2. The van der Waals surface area contributed by atoms with Gasteiger partial charge in [-0.2, -0.15) is 0 Å². The lowest BCUT2D eigenvalue weighted by Crippen LogP contribution is -2.10. The van der Waals surface area contributed by atoms with Crippen LogP contribution in [0.4, 0.5) is 11.5 Å². The van der Waals surface area contributed by atoms with E-state index in [-0.39, 0.29) is 11.4 Å². The van der Waals surface area contributed by atoms with Gasteiger partial charge in [0.15, 0.2) is 0 Å². The molecule has 0 bridgehead atoms. The third-order valence-electron chi connectivity index (χ3n) is 2.49. The molecule has 2 aromatic rings. The van der Waals surface area contributed by atoms with E-state index in [1.165, 1.54) is 6.07 Å². The van der Waals surface area contributed by atoms with E-state index in [9.17, 15) is 4.79 Å². The largest absolute Gasteiger partial charge is 0.478 e. The Hall–Kier alpha value is -2.60. The molecule has 92 valence electrons. The number of aromatic carboxylic acids is 1. The van der Waals surface area contributed by atoms with Crippen LogP contribution < -0.4 is 17.0 Å². The summed E-state index contributed by atoms with van der Waals surface area (Å²) < 4.78 is 0. The molecule has 1 aromatic heterocycles. The van der Waals surface area contributed by atoms with E-state index in [1.54, 1.807) is 30.3 Å². The summed E-state index contributed by atoms with van der Waals surface area (Å²) in [5.74, 6) is 4.53. The first kappa shape index (κ1) is 11.9. The minimum atomic E-state index is -0.981. The molecule has 6 nitrogen and oxygen atoms in total. The Balaban J connectivity index is 2.45. The summed E-state index contributed by atoms with van der Waals surface area (Å²) in [6.45, 7) is 0. The Morgan fingerprint density at radius 2 is 2.06 bits per heavy atom. The fourth-order valence-electron chi connectivity index (χ4n) is 1.57. The van der Waals surface area contributed by atoms with Gasteiger partial charge < -0.3 is 16.3 Å². The van der Waals surface area contributed by atoms with Crippen LogP contribution in [0.3, 0.4) is 0 Å². The number of hydrogen-bond donors (Lipinski definition) is 4. The SMILES string of the molecule is NNc1ccc(-c2cccc(C(=O)O)c2)nc1N. The van der Waals surface area contributed by atoms with Crippen molar-refractivity contribution in [1.29, 1.82) is 0 Å². The Morgan fingerprint density at radius 1 is 1.28 bits per heavy atom. The smallest absolute Gasteiger partial charge is 0.335 e. The first-order chi connectivity index (χ1) is 8.61. The highest BCUT2D eigenvalue weighted by Crippen LogP contribution is 2.23. The van der Waals surface area contributed by atoms with Gasteiger partial charge in [0.25, 0.3) is 0 Å². The Labute approximate surface area is 103 Å². The number of rotatable bonds is 3. The van der Waals surface area contributed by atoms with Gasteiger partial charge in [0.2, 0.25) is 0 Å². The van der Waals surface area contributed by atoms with Crippen molar-refractivity contribution in [3.8, 4) is 11.3 Å². The number of carbonyl (C=O) groups is 1. The summed E-state index contributed by atoms with van der Waals surface area (Å²) in [6.07, 6.45) is 0. The van der Waals surface area contributed by atoms with Gasteiger partial charge in [-0.25, -0.2) is 9.78 Å². The third-order valence-corrected chi connectivity index (χ3v) is 2.49. The van der Waals surface area contributed by atoms with Crippen molar-refractivity contribution in [3.05, 3.63) is 42.0 Å². The van der Waals surface area contributed by atoms with Crippen molar-refractivity contribution in [3.63, 3.8) is 0 Å². The van der Waals surface area contributed by atoms with Crippen molar-refractivity contribution in [2.24, 2.45) is 5.84 Å². The number of carboxylic acids is 1. The molecule has 2 rings (SSSR count). The molecule has 0 radical (unpaired) electrons. The highest BCUT2D eigenvalue weighted by molar-refractivity contribution is 5.89. The molecule has 18 heavy (non-hydrogen) atoms. The number of nitrogens with zero attached hydrogens (tertiary/aromatic N) is 1. The second kappa shape index (κ2) is 4.72. The van der Waals surface area contributed by atoms with E-state index in [2.05, 4.69) is 10.4 Å². The quantitative estimate of drug-likeness (QED) is 0.478. The molecule has 0 fully saturated rings. The monoisotopic (exact) mass is 244 g/mol. The van der Waals surface area contributed by atoms with Crippen LogP contribution in [0.2, 0.25) is 0 Å². The topological polar surface area (TPSA) is 114 Å². The second-order valence-electron chi connectivity index (χ2n) is 3.66. The summed E-state index contributed by atoms with van der Waals surface area (Å²) in [7, 11) is 0. The number of anilines is 2. The molecule has 0 aliphatic carbocycles. The average molecular weight is 244 g/mol. The molecule has 6 heteroatoms. The molecule has 0 atom stereocenters. The molecule has 0 spiro atoms. The lowest BCUT2D eigenvalue weighted by Gasteiger charge is -2.07. The standard InChI is InChI=1S/C12H12N4O2/c13-11-10(16-14)5-4-9(15-11)7-2-1-3-8(6-7)12(17)18/h1-6,16H,14H2,(H2,13,15)(H,17,18). The number of carboxylic acid groups (broad SMARTS) is 1. The first-order valence-electron chi connectivity index (χ1n) is 5.18. The lowest BCUT2D eigenvalue weighted by atomic mass is 10.1. The van der Waals surface area contributed by atoms with Crippen molar-refractivity contribution in [2.75, 3.05) is 11.2 Å². The maximum atomic E-state index is 10.9. The zero-order chi connectivity index (χ0) is 13.1. The molecule has 6 N–H and O–H groups in total. The Kier molecular flexibility index (Phi) is 3.11. The van der Waals surface area contributed by atoms with Gasteiger partial charge in [0.1, 0.15) is 5.82 Å². The Morgan fingerprint density at radius 3 is 2.67 bits per heavy atom. The molecule has 0 aliphatic heterocycles. The van der Waals surface area contributed by atoms with E-state index in [0.29, 0.717) is 16.9 Å². The maximum absolute atomic E-state index is 10.9. The minimum absolute atomic E-state index is 0.203. The number of pyridine rings is 1. The molecule has 0 aliphatic rings. The molecule has 0 amide bonds. The Bertz CT molecular complexity index is 598. The summed E-state index contributed by atoms with van der Waals surface area (Å²) in [4.78, 5) is 15.0. The number of benzene rings is 1. The van der Waals surface area contributed by atoms with Crippen LogP contribution >= 0.6 is 0 Å². The molecular weight excluding hydrogens is 232 g/mol. The van der Waals surface area contributed by atoms with Crippen LogP contribution in [0, 0.1) is 0 Å². The van der Waals surface area contributed by atoms with Crippen LogP contribution in [0.5, 0.6) is 0 Å². The van der Waals surface area contributed by atoms with E-state index in [4.69, 9.17) is 16.7 Å². The maximum Gasteiger partial charge on any atom is 0.335 e. The van der Waals surface area contributed by atoms with Gasteiger partial charge in [0.05, 0.1) is 16.9 Å². The van der Waals surface area contributed by atoms with Crippen LogP contribution in [0.25, 0.3) is 11.3 Å². The van der Waals surface area contributed by atoms with Gasteiger partial charge in [-0.05, 0) is 24.3 Å². The highest BCUT2D eigenvalue weighted by atomic mass is 16.4. The van der Waals surface area contributed by atoms with E-state index < -0.39 is 5.97 Å². The minimum Gasteiger partial charge on any atom is -0.478 e. The van der Waals surface area contributed by atoms with Gasteiger partial charge in [-0.1, -0.05) is 12.1 Å². The molecule has 1 aromatic carbocycles. The zero-order valence-electron chi connectivity index (χ0n) is 9.42. The molecule has 0 saturated heterocycles. The zero-order valence-corrected chi connectivity index (χ0v) is 9.42. The van der Waals surface area contributed by atoms with E-state index in [1.807, 2.05) is 0 Å².